The summed E-state index contributed by atoms with van der Waals surface area (Å²) < 4.78 is 0. The number of rotatable bonds is 3. The van der Waals surface area contributed by atoms with Crippen LogP contribution in [0.25, 0.3) is 6.08 Å². The Kier molecular flexibility index (Phi) is 5.91. The van der Waals surface area contributed by atoms with Crippen molar-refractivity contribution in [2.75, 3.05) is 9.80 Å². The van der Waals surface area contributed by atoms with Gasteiger partial charge in [-0.15, -0.1) is 0 Å². The van der Waals surface area contributed by atoms with Crippen LogP contribution >= 0.6 is 12.2 Å². The van der Waals surface area contributed by atoms with Crippen LogP contribution in [0, 0.1) is 6.92 Å². The number of aryl methyl sites for hydroxylation is 1. The van der Waals surface area contributed by atoms with Gasteiger partial charge >= 0.3 is 0 Å². The number of anilines is 2. The van der Waals surface area contributed by atoms with Crippen molar-refractivity contribution in [1.82, 2.24) is 5.32 Å². The molecule has 1 saturated heterocycles. The van der Waals surface area contributed by atoms with Gasteiger partial charge in [0.25, 0.3) is 11.8 Å². The number of benzene rings is 2. The molecule has 2 aliphatic rings. The first-order chi connectivity index (χ1) is 15.5. The van der Waals surface area contributed by atoms with Crippen LogP contribution in [0.5, 0.6) is 0 Å². The van der Waals surface area contributed by atoms with E-state index in [9.17, 15) is 9.59 Å². The highest BCUT2D eigenvalue weighted by Crippen LogP contribution is 2.44. The first-order valence-electron chi connectivity index (χ1n) is 11.4. The van der Waals surface area contributed by atoms with Crippen LogP contribution in [-0.4, -0.2) is 28.5 Å². The quantitative estimate of drug-likeness (QED) is 0.382. The molecule has 4 rings (SSSR count). The van der Waals surface area contributed by atoms with Crippen LogP contribution in [-0.2, 0) is 9.59 Å². The maximum absolute atomic E-state index is 13.3. The molecule has 2 aliphatic heterocycles. The molecule has 2 amide bonds. The van der Waals surface area contributed by atoms with Crippen LogP contribution in [0.3, 0.4) is 0 Å². The molecule has 0 saturated carbocycles. The Morgan fingerprint density at radius 2 is 1.79 bits per heavy atom. The van der Waals surface area contributed by atoms with Gasteiger partial charge in [-0.3, -0.25) is 19.8 Å². The Hall–Kier alpha value is -2.99. The lowest BCUT2D eigenvalue weighted by Crippen LogP contribution is -2.54. The minimum Gasteiger partial charge on any atom is -0.364 e. The number of nitrogens with one attached hydrogen (secondary N) is 1. The average Bonchev–Trinajstić information content (AvgIpc) is 2.71. The van der Waals surface area contributed by atoms with Crippen LogP contribution < -0.4 is 15.1 Å². The summed E-state index contributed by atoms with van der Waals surface area (Å²) in [4.78, 5) is 29.9. The molecule has 0 aromatic heterocycles. The Morgan fingerprint density at radius 3 is 2.42 bits per heavy atom. The summed E-state index contributed by atoms with van der Waals surface area (Å²) in [7, 11) is 0. The van der Waals surface area contributed by atoms with Gasteiger partial charge in [0.15, 0.2) is 5.11 Å². The molecule has 0 aliphatic carbocycles. The normalized spacial score (nSPS) is 21.5. The molecule has 0 radical (unpaired) electrons. The molecule has 1 N–H and O–H groups in total. The number of amides is 2. The van der Waals surface area contributed by atoms with Crippen LogP contribution in [0.2, 0.25) is 0 Å². The molecule has 172 valence electrons. The van der Waals surface area contributed by atoms with E-state index in [1.54, 1.807) is 6.08 Å². The largest absolute Gasteiger partial charge is 0.364 e. The van der Waals surface area contributed by atoms with Crippen LogP contribution in [0.15, 0.2) is 48.0 Å². The fourth-order valence-corrected chi connectivity index (χ4v) is 5.57. The second kappa shape index (κ2) is 8.41. The van der Waals surface area contributed by atoms with E-state index in [1.165, 1.54) is 16.2 Å². The number of hydrogen-bond acceptors (Lipinski definition) is 4. The molecule has 2 aromatic rings. The van der Waals surface area contributed by atoms with Gasteiger partial charge in [-0.2, -0.15) is 0 Å². The smallest absolute Gasteiger partial charge is 0.270 e. The molecular weight excluding hydrogens is 430 g/mol. The molecule has 6 heteroatoms. The van der Waals surface area contributed by atoms with E-state index >= 15 is 0 Å². The fraction of sp³-hybridized carbons (Fsp3) is 0.370. The van der Waals surface area contributed by atoms with Crippen molar-refractivity contribution in [3.8, 4) is 0 Å². The van der Waals surface area contributed by atoms with Gasteiger partial charge in [0.1, 0.15) is 5.57 Å². The van der Waals surface area contributed by atoms with Gasteiger partial charge in [0, 0.05) is 17.3 Å². The van der Waals surface area contributed by atoms with E-state index in [1.807, 2.05) is 37.3 Å². The van der Waals surface area contributed by atoms with E-state index in [0.29, 0.717) is 17.6 Å². The molecule has 2 aromatic carbocycles. The van der Waals surface area contributed by atoms with E-state index in [4.69, 9.17) is 12.2 Å². The first kappa shape index (κ1) is 23.2. The van der Waals surface area contributed by atoms with Gasteiger partial charge in [0.05, 0.1) is 5.69 Å². The summed E-state index contributed by atoms with van der Waals surface area (Å²) in [5.74, 6) is -0.511. The lowest BCUT2D eigenvalue weighted by Gasteiger charge is -2.50. The molecular formula is C27H31N3O2S. The molecule has 5 nitrogen and oxygen atoms in total. The van der Waals surface area contributed by atoms with E-state index in [0.717, 1.165) is 17.5 Å². The van der Waals surface area contributed by atoms with E-state index in [2.05, 4.69) is 57.0 Å². The summed E-state index contributed by atoms with van der Waals surface area (Å²) in [5.41, 5.74) is 5.15. The molecule has 2 heterocycles. The van der Waals surface area contributed by atoms with Crippen molar-refractivity contribution in [2.45, 2.75) is 65.5 Å². The monoisotopic (exact) mass is 461 g/mol. The third-order valence-electron chi connectivity index (χ3n) is 6.52. The summed E-state index contributed by atoms with van der Waals surface area (Å²) >= 11 is 5.31. The summed E-state index contributed by atoms with van der Waals surface area (Å²) in [6.07, 6.45) is 2.71. The van der Waals surface area contributed by atoms with Crippen LogP contribution in [0.4, 0.5) is 11.4 Å². The topological polar surface area (TPSA) is 52.7 Å². The van der Waals surface area contributed by atoms with Crippen molar-refractivity contribution in [3.63, 3.8) is 0 Å². The van der Waals surface area contributed by atoms with E-state index in [-0.39, 0.29) is 16.2 Å². The first-order valence-corrected chi connectivity index (χ1v) is 11.8. The maximum atomic E-state index is 13.3. The molecule has 0 spiro atoms. The Balaban J connectivity index is 1.73. The summed E-state index contributed by atoms with van der Waals surface area (Å²) in [5, 5.41) is 2.77. The van der Waals surface area contributed by atoms with Crippen LogP contribution in [0.1, 0.15) is 63.6 Å². The lowest BCUT2D eigenvalue weighted by molar-refractivity contribution is -0.122. The second-order valence-electron chi connectivity index (χ2n) is 9.99. The third-order valence-corrected chi connectivity index (χ3v) is 6.81. The number of nitrogens with zero attached hydrogens (tertiary/aromatic N) is 2. The van der Waals surface area contributed by atoms with Crippen molar-refractivity contribution in [2.24, 2.45) is 0 Å². The Bertz CT molecular complexity index is 1160. The Labute approximate surface area is 201 Å². The zero-order chi connectivity index (χ0) is 24.1. The summed E-state index contributed by atoms with van der Waals surface area (Å²) in [6.45, 7) is 13.2. The number of carbonyl (C=O) groups excluding carboxylic acids is 2. The van der Waals surface area contributed by atoms with Gasteiger partial charge in [-0.05, 0) is 101 Å². The van der Waals surface area contributed by atoms with Crippen molar-refractivity contribution in [3.05, 3.63) is 64.7 Å². The van der Waals surface area contributed by atoms with E-state index < -0.39 is 11.8 Å². The molecule has 33 heavy (non-hydrogen) atoms. The highest BCUT2D eigenvalue weighted by molar-refractivity contribution is 7.80. The van der Waals surface area contributed by atoms with Gasteiger partial charge in [-0.1, -0.05) is 30.7 Å². The predicted octanol–water partition coefficient (Wildman–Crippen LogP) is 5.33. The zero-order valence-electron chi connectivity index (χ0n) is 20.1. The number of carbonyl (C=O) groups is 2. The van der Waals surface area contributed by atoms with Gasteiger partial charge < -0.3 is 4.90 Å². The Morgan fingerprint density at radius 1 is 1.12 bits per heavy atom. The molecule has 1 atom stereocenters. The van der Waals surface area contributed by atoms with Crippen molar-refractivity contribution < 1.29 is 9.59 Å². The zero-order valence-corrected chi connectivity index (χ0v) is 20.9. The standard InChI is InChI=1S/C27H31N3O2S/c1-16(2)30-23-12-9-19(13-21(23)18(4)15-27(30,5)6)14-22-24(31)28-26(33)29(25(22)32)20-10-7-17(3)8-11-20/h7-14,16,18H,15H2,1-6H3,(H,28,31,33)/b22-14+/t18-/m1/s1. The van der Waals surface area contributed by atoms with Gasteiger partial charge in [0.2, 0.25) is 0 Å². The fourth-order valence-electron chi connectivity index (χ4n) is 5.29. The van der Waals surface area contributed by atoms with Gasteiger partial charge in [-0.25, -0.2) is 0 Å². The maximum Gasteiger partial charge on any atom is 0.270 e. The second-order valence-corrected chi connectivity index (χ2v) is 10.4. The number of thiocarbonyl (C=S) groups is 1. The van der Waals surface area contributed by atoms with Crippen molar-refractivity contribution >= 4 is 46.6 Å². The summed E-state index contributed by atoms with van der Waals surface area (Å²) in [6, 6.07) is 14.1. The number of hydrogen-bond donors (Lipinski definition) is 1. The van der Waals surface area contributed by atoms with Crippen molar-refractivity contribution in [1.29, 1.82) is 0 Å². The highest BCUT2D eigenvalue weighted by Gasteiger charge is 2.38. The lowest BCUT2D eigenvalue weighted by atomic mass is 9.78. The third kappa shape index (κ3) is 4.20. The molecule has 0 bridgehead atoms. The number of fused-ring (bicyclic) bond motifs is 1. The minimum atomic E-state index is -0.468. The average molecular weight is 462 g/mol. The minimum absolute atomic E-state index is 0.0595. The molecule has 0 unspecified atom stereocenters. The highest BCUT2D eigenvalue weighted by atomic mass is 32.1. The SMILES string of the molecule is Cc1ccc(N2C(=O)/C(=C/c3ccc4c(c3)[C@H](C)CC(C)(C)N4C(C)C)C(=O)NC2=S)cc1. The predicted molar refractivity (Wildman–Crippen MR) is 139 cm³/mol. The molecule has 1 fully saturated rings.